The van der Waals surface area contributed by atoms with Crippen LogP contribution in [0, 0.1) is 0 Å². The lowest BCUT2D eigenvalue weighted by Crippen LogP contribution is -2.32. The Morgan fingerprint density at radius 2 is 2.10 bits per heavy atom. The van der Waals surface area contributed by atoms with E-state index in [0.717, 1.165) is 51.2 Å². The van der Waals surface area contributed by atoms with Gasteiger partial charge >= 0.3 is 5.97 Å². The molecule has 2 amide bonds. The maximum atomic E-state index is 12.7. The molecular formula is C20H19BrN2O4S2. The van der Waals surface area contributed by atoms with Crippen molar-refractivity contribution in [3.63, 3.8) is 0 Å². The van der Waals surface area contributed by atoms with Crippen molar-refractivity contribution < 1.29 is 19.1 Å². The molecule has 2 aliphatic rings. The topological polar surface area (TPSA) is 84.5 Å². The fraction of sp³-hybridized carbons (Fsp3) is 0.350. The van der Waals surface area contributed by atoms with Gasteiger partial charge in [0.05, 0.1) is 23.6 Å². The number of ether oxygens (including phenoxy) is 1. The molecule has 9 heteroatoms. The average molecular weight is 495 g/mol. The van der Waals surface area contributed by atoms with Gasteiger partial charge in [-0.1, -0.05) is 15.9 Å². The smallest absolute Gasteiger partial charge is 0.341 e. The molecular weight excluding hydrogens is 476 g/mol. The molecule has 2 N–H and O–H groups in total. The number of methoxy groups -OCH3 is 1. The molecule has 152 valence electrons. The summed E-state index contributed by atoms with van der Waals surface area (Å²) in [4.78, 5) is 39.5. The predicted molar refractivity (Wildman–Crippen MR) is 118 cm³/mol. The molecule has 1 aromatic heterocycles. The minimum Gasteiger partial charge on any atom is -0.465 e. The van der Waals surface area contributed by atoms with Crippen molar-refractivity contribution in [3.8, 4) is 0 Å². The molecule has 1 unspecified atom stereocenters. The lowest BCUT2D eigenvalue weighted by Gasteiger charge is -2.23. The maximum absolute atomic E-state index is 12.7. The number of rotatable bonds is 4. The highest BCUT2D eigenvalue weighted by molar-refractivity contribution is 9.10. The molecule has 0 fully saturated rings. The fourth-order valence-electron chi connectivity index (χ4n) is 3.58. The van der Waals surface area contributed by atoms with Gasteiger partial charge in [-0.25, -0.2) is 4.79 Å². The van der Waals surface area contributed by atoms with Gasteiger partial charge in [-0.15, -0.1) is 23.1 Å². The first-order valence-corrected chi connectivity index (χ1v) is 11.7. The van der Waals surface area contributed by atoms with Gasteiger partial charge in [-0.05, 0) is 49.4 Å². The molecule has 1 atom stereocenters. The summed E-state index contributed by atoms with van der Waals surface area (Å²) in [6.45, 7) is 0. The van der Waals surface area contributed by atoms with Gasteiger partial charge in [0.25, 0.3) is 0 Å². The Hall–Kier alpha value is -1.84. The van der Waals surface area contributed by atoms with E-state index in [1.54, 1.807) is 0 Å². The van der Waals surface area contributed by atoms with E-state index in [4.69, 9.17) is 4.74 Å². The van der Waals surface area contributed by atoms with E-state index in [9.17, 15) is 14.4 Å². The van der Waals surface area contributed by atoms with E-state index in [2.05, 4.69) is 26.6 Å². The maximum Gasteiger partial charge on any atom is 0.341 e. The zero-order valence-electron chi connectivity index (χ0n) is 15.7. The highest BCUT2D eigenvalue weighted by Crippen LogP contribution is 2.40. The molecule has 0 saturated carbocycles. The number of hydrogen-bond acceptors (Lipinski definition) is 6. The highest BCUT2D eigenvalue weighted by atomic mass is 79.9. The number of amides is 2. The Kier molecular flexibility index (Phi) is 5.98. The van der Waals surface area contributed by atoms with Crippen LogP contribution >= 0.6 is 39.0 Å². The van der Waals surface area contributed by atoms with Crippen molar-refractivity contribution in [2.24, 2.45) is 0 Å². The largest absolute Gasteiger partial charge is 0.465 e. The summed E-state index contributed by atoms with van der Waals surface area (Å²) in [7, 11) is 1.35. The fourth-order valence-corrected chi connectivity index (χ4v) is 6.32. The standard InChI is InChI=1S/C20H19BrN2O4S2/c1-27-20(26)17-11-4-2-3-5-13(11)29-19(17)23-16(24)9-15-18(25)22-12-8-10(21)6-7-14(12)28-15/h6-8,15H,2-5,9H2,1H3,(H,22,25)(H,23,24). The molecule has 4 rings (SSSR count). The molecule has 2 heterocycles. The summed E-state index contributed by atoms with van der Waals surface area (Å²) < 4.78 is 5.82. The van der Waals surface area contributed by atoms with Crippen LogP contribution in [0.4, 0.5) is 10.7 Å². The number of nitrogens with one attached hydrogen (secondary N) is 2. The molecule has 0 bridgehead atoms. The molecule has 6 nitrogen and oxygen atoms in total. The number of halogens is 1. The number of hydrogen-bond donors (Lipinski definition) is 2. The lowest BCUT2D eigenvalue weighted by atomic mass is 9.95. The summed E-state index contributed by atoms with van der Waals surface area (Å²) in [6, 6.07) is 5.66. The van der Waals surface area contributed by atoms with Crippen LogP contribution < -0.4 is 10.6 Å². The van der Waals surface area contributed by atoms with Crippen molar-refractivity contribution >= 4 is 67.5 Å². The van der Waals surface area contributed by atoms with Crippen molar-refractivity contribution in [3.05, 3.63) is 38.7 Å². The quantitative estimate of drug-likeness (QED) is 0.605. The molecule has 2 aromatic rings. The Labute approximate surface area is 184 Å². The monoisotopic (exact) mass is 494 g/mol. The zero-order valence-corrected chi connectivity index (χ0v) is 18.9. The normalized spacial score (nSPS) is 17.7. The van der Waals surface area contributed by atoms with Crippen LogP contribution in [-0.2, 0) is 27.2 Å². The van der Waals surface area contributed by atoms with Gasteiger partial charge in [0.2, 0.25) is 11.8 Å². The third-order valence-electron chi connectivity index (χ3n) is 4.95. The van der Waals surface area contributed by atoms with Crippen molar-refractivity contribution in [1.82, 2.24) is 0 Å². The summed E-state index contributed by atoms with van der Waals surface area (Å²) in [6.07, 6.45) is 3.85. The molecule has 1 aliphatic carbocycles. The van der Waals surface area contributed by atoms with E-state index in [1.807, 2.05) is 18.2 Å². The van der Waals surface area contributed by atoms with Gasteiger partial charge in [0.15, 0.2) is 0 Å². The van der Waals surface area contributed by atoms with Gasteiger partial charge in [-0.2, -0.15) is 0 Å². The first-order chi connectivity index (χ1) is 14.0. The highest BCUT2D eigenvalue weighted by Gasteiger charge is 2.31. The second-order valence-electron chi connectivity index (χ2n) is 6.90. The minimum atomic E-state index is -0.528. The van der Waals surface area contributed by atoms with Crippen LogP contribution in [0.5, 0.6) is 0 Å². The van der Waals surface area contributed by atoms with Gasteiger partial charge < -0.3 is 15.4 Å². The zero-order chi connectivity index (χ0) is 20.5. The lowest BCUT2D eigenvalue weighted by molar-refractivity contribution is -0.120. The number of carbonyl (C=O) groups excluding carboxylic acids is 3. The van der Waals surface area contributed by atoms with Crippen LogP contribution in [-0.4, -0.2) is 30.1 Å². The van der Waals surface area contributed by atoms with E-state index in [1.165, 1.54) is 30.2 Å². The van der Waals surface area contributed by atoms with Gasteiger partial charge in [0, 0.05) is 20.7 Å². The van der Waals surface area contributed by atoms with Crippen LogP contribution in [0.15, 0.2) is 27.6 Å². The second kappa shape index (κ2) is 8.49. The molecule has 1 aromatic carbocycles. The SMILES string of the molecule is COC(=O)c1c(NC(=O)CC2Sc3ccc(Br)cc3NC2=O)sc2c1CCCC2. The van der Waals surface area contributed by atoms with Crippen molar-refractivity contribution in [1.29, 1.82) is 0 Å². The Morgan fingerprint density at radius 3 is 2.90 bits per heavy atom. The number of fused-ring (bicyclic) bond motifs is 2. The minimum absolute atomic E-state index is 0.0230. The summed E-state index contributed by atoms with van der Waals surface area (Å²) in [5, 5.41) is 5.72. The number of thiophene rings is 1. The van der Waals surface area contributed by atoms with Crippen molar-refractivity contribution in [2.45, 2.75) is 42.2 Å². The van der Waals surface area contributed by atoms with Gasteiger partial charge in [0.1, 0.15) is 5.00 Å². The average Bonchev–Trinajstić information content (AvgIpc) is 3.05. The number of esters is 1. The molecule has 29 heavy (non-hydrogen) atoms. The first-order valence-electron chi connectivity index (χ1n) is 9.26. The van der Waals surface area contributed by atoms with Gasteiger partial charge in [-0.3, -0.25) is 9.59 Å². The van der Waals surface area contributed by atoms with E-state index < -0.39 is 11.2 Å². The van der Waals surface area contributed by atoms with Crippen LogP contribution in [0.3, 0.4) is 0 Å². The molecule has 0 radical (unpaired) electrons. The second-order valence-corrected chi connectivity index (χ2v) is 10.2. The molecule has 0 saturated heterocycles. The van der Waals surface area contributed by atoms with E-state index in [-0.39, 0.29) is 18.2 Å². The Morgan fingerprint density at radius 1 is 1.31 bits per heavy atom. The molecule has 1 aliphatic heterocycles. The predicted octanol–water partition coefficient (Wildman–Crippen LogP) is 4.62. The summed E-state index contributed by atoms with van der Waals surface area (Å²) in [5.41, 5.74) is 2.20. The molecule has 0 spiro atoms. The van der Waals surface area contributed by atoms with Crippen LogP contribution in [0.1, 0.15) is 40.1 Å². The third-order valence-corrected chi connectivity index (χ3v) is 7.92. The Bertz CT molecular complexity index is 1000. The van der Waals surface area contributed by atoms with E-state index in [0.29, 0.717) is 10.6 Å². The number of carbonyl (C=O) groups is 3. The van der Waals surface area contributed by atoms with Crippen molar-refractivity contribution in [2.75, 3.05) is 17.7 Å². The van der Waals surface area contributed by atoms with E-state index >= 15 is 0 Å². The Balaban J connectivity index is 1.50. The number of thioether (sulfide) groups is 1. The number of benzene rings is 1. The number of aryl methyl sites for hydroxylation is 1. The van der Waals surface area contributed by atoms with Crippen LogP contribution in [0.25, 0.3) is 0 Å². The summed E-state index contributed by atoms with van der Waals surface area (Å²) >= 11 is 6.20. The first kappa shape index (κ1) is 20.4. The number of anilines is 2. The van der Waals surface area contributed by atoms with Crippen LogP contribution in [0.2, 0.25) is 0 Å². The third kappa shape index (κ3) is 4.22. The summed E-state index contributed by atoms with van der Waals surface area (Å²) in [5.74, 6) is -0.916.